The second-order valence-corrected chi connectivity index (χ2v) is 5.93. The van der Waals surface area contributed by atoms with E-state index in [9.17, 15) is 22.8 Å². The number of fused-ring (bicyclic) bond motifs is 1. The van der Waals surface area contributed by atoms with E-state index in [1.807, 2.05) is 0 Å². The fourth-order valence-electron chi connectivity index (χ4n) is 2.83. The summed E-state index contributed by atoms with van der Waals surface area (Å²) >= 11 is 0. The number of hydrogen-bond donors (Lipinski definition) is 0. The van der Waals surface area contributed by atoms with Crippen LogP contribution in [-0.4, -0.2) is 17.1 Å². The van der Waals surface area contributed by atoms with Gasteiger partial charge in [0.05, 0.1) is 17.7 Å². The van der Waals surface area contributed by atoms with Crippen molar-refractivity contribution in [2.75, 3.05) is 6.61 Å². The van der Waals surface area contributed by atoms with Crippen molar-refractivity contribution < 1.29 is 22.7 Å². The predicted molar refractivity (Wildman–Crippen MR) is 94.7 cm³/mol. The lowest BCUT2D eigenvalue weighted by molar-refractivity contribution is -0.137. The standard InChI is InChI=1S/C20H16F3NO3/c1-2-27-19(26)16-12-24(17-6-4-3-5-15(17)18(16)25)11-13-7-9-14(10-8-13)20(21,22)23/h3-10,12H,2,11H2,1H3. The summed E-state index contributed by atoms with van der Waals surface area (Å²) < 4.78 is 44.8. The van der Waals surface area contributed by atoms with Crippen LogP contribution in [0.25, 0.3) is 10.9 Å². The molecule has 0 amide bonds. The summed E-state index contributed by atoms with van der Waals surface area (Å²) in [6.07, 6.45) is -3.01. The Morgan fingerprint density at radius 1 is 1.07 bits per heavy atom. The quantitative estimate of drug-likeness (QED) is 0.641. The van der Waals surface area contributed by atoms with Gasteiger partial charge in [-0.25, -0.2) is 4.79 Å². The number of pyridine rings is 1. The Morgan fingerprint density at radius 3 is 2.37 bits per heavy atom. The molecule has 2 aromatic carbocycles. The van der Waals surface area contributed by atoms with E-state index in [-0.39, 0.29) is 18.7 Å². The zero-order valence-corrected chi connectivity index (χ0v) is 14.4. The fraction of sp³-hybridized carbons (Fsp3) is 0.200. The summed E-state index contributed by atoms with van der Waals surface area (Å²) in [6, 6.07) is 11.5. The fourth-order valence-corrected chi connectivity index (χ4v) is 2.83. The Morgan fingerprint density at radius 2 is 1.74 bits per heavy atom. The van der Waals surface area contributed by atoms with Crippen LogP contribution in [0.1, 0.15) is 28.4 Å². The molecule has 0 N–H and O–H groups in total. The highest BCUT2D eigenvalue weighted by Crippen LogP contribution is 2.29. The van der Waals surface area contributed by atoms with Crippen LogP contribution in [0.4, 0.5) is 13.2 Å². The number of benzene rings is 2. The Bertz CT molecular complexity index is 1040. The molecule has 0 spiro atoms. The van der Waals surface area contributed by atoms with E-state index in [4.69, 9.17) is 4.74 Å². The van der Waals surface area contributed by atoms with Crippen molar-refractivity contribution >= 4 is 16.9 Å². The highest BCUT2D eigenvalue weighted by atomic mass is 19.4. The Hall–Kier alpha value is -3.09. The van der Waals surface area contributed by atoms with E-state index in [1.165, 1.54) is 18.3 Å². The Balaban J connectivity index is 2.07. The normalized spacial score (nSPS) is 11.6. The first kappa shape index (κ1) is 18.7. The average Bonchev–Trinajstić information content (AvgIpc) is 2.64. The number of aromatic nitrogens is 1. The lowest BCUT2D eigenvalue weighted by Crippen LogP contribution is -2.21. The molecule has 3 aromatic rings. The molecule has 0 radical (unpaired) electrons. The molecule has 3 rings (SSSR count). The second-order valence-electron chi connectivity index (χ2n) is 5.93. The summed E-state index contributed by atoms with van der Waals surface area (Å²) in [5, 5.41) is 0.343. The number of hydrogen-bond acceptors (Lipinski definition) is 3. The minimum atomic E-state index is -4.40. The van der Waals surface area contributed by atoms with Gasteiger partial charge in [-0.05, 0) is 36.8 Å². The average molecular weight is 375 g/mol. The third kappa shape index (κ3) is 3.86. The summed E-state index contributed by atoms with van der Waals surface area (Å²) in [5.41, 5.74) is -0.0968. The topological polar surface area (TPSA) is 48.3 Å². The van der Waals surface area contributed by atoms with Crippen LogP contribution in [0, 0.1) is 0 Å². The van der Waals surface area contributed by atoms with Crippen molar-refractivity contribution in [1.82, 2.24) is 4.57 Å². The lowest BCUT2D eigenvalue weighted by Gasteiger charge is -2.14. The third-order valence-electron chi connectivity index (χ3n) is 4.12. The van der Waals surface area contributed by atoms with E-state index in [0.717, 1.165) is 12.1 Å². The molecule has 0 saturated carbocycles. The van der Waals surface area contributed by atoms with Crippen molar-refractivity contribution in [2.24, 2.45) is 0 Å². The highest BCUT2D eigenvalue weighted by Gasteiger charge is 2.29. The van der Waals surface area contributed by atoms with Gasteiger partial charge in [-0.3, -0.25) is 4.79 Å². The summed E-state index contributed by atoms with van der Waals surface area (Å²) in [6.45, 7) is 1.97. The molecule has 0 aliphatic carbocycles. The van der Waals surface area contributed by atoms with Gasteiger partial charge in [0.25, 0.3) is 0 Å². The minimum absolute atomic E-state index is 0.109. The maximum Gasteiger partial charge on any atom is 0.416 e. The van der Waals surface area contributed by atoms with Crippen LogP contribution in [0.15, 0.2) is 59.5 Å². The number of rotatable bonds is 4. The number of carbonyl (C=O) groups is 1. The SMILES string of the molecule is CCOC(=O)c1cn(Cc2ccc(C(F)(F)F)cc2)c2ccccc2c1=O. The summed E-state index contributed by atoms with van der Waals surface area (Å²) in [7, 11) is 0. The molecule has 140 valence electrons. The maximum atomic E-state index is 12.7. The zero-order chi connectivity index (χ0) is 19.6. The zero-order valence-electron chi connectivity index (χ0n) is 14.4. The molecule has 0 fully saturated rings. The first-order valence-electron chi connectivity index (χ1n) is 8.26. The third-order valence-corrected chi connectivity index (χ3v) is 4.12. The van der Waals surface area contributed by atoms with Crippen molar-refractivity contribution in [3.63, 3.8) is 0 Å². The van der Waals surface area contributed by atoms with Gasteiger partial charge in [0.15, 0.2) is 0 Å². The van der Waals surface area contributed by atoms with Gasteiger partial charge in [0.1, 0.15) is 5.56 Å². The van der Waals surface area contributed by atoms with Crippen LogP contribution in [0.2, 0.25) is 0 Å². The van der Waals surface area contributed by atoms with Crippen molar-refractivity contribution in [2.45, 2.75) is 19.6 Å². The Labute approximate surface area is 152 Å². The maximum absolute atomic E-state index is 12.7. The summed E-state index contributed by atoms with van der Waals surface area (Å²) in [4.78, 5) is 24.7. The van der Waals surface area contributed by atoms with E-state index in [0.29, 0.717) is 16.5 Å². The molecule has 0 aliphatic rings. The van der Waals surface area contributed by atoms with Gasteiger partial charge in [0.2, 0.25) is 5.43 Å². The number of halogens is 3. The smallest absolute Gasteiger partial charge is 0.416 e. The molecule has 1 heterocycles. The first-order chi connectivity index (χ1) is 12.8. The van der Waals surface area contributed by atoms with E-state index in [1.54, 1.807) is 35.8 Å². The number of esters is 1. The van der Waals surface area contributed by atoms with E-state index in [2.05, 4.69) is 0 Å². The summed E-state index contributed by atoms with van der Waals surface area (Å²) in [5.74, 6) is -0.727. The van der Waals surface area contributed by atoms with Gasteiger partial charge in [-0.2, -0.15) is 13.2 Å². The molecule has 0 saturated heterocycles. The second kappa shape index (κ2) is 7.26. The molecule has 0 atom stereocenters. The van der Waals surface area contributed by atoms with Crippen LogP contribution in [0.5, 0.6) is 0 Å². The van der Waals surface area contributed by atoms with Crippen LogP contribution < -0.4 is 5.43 Å². The van der Waals surface area contributed by atoms with Crippen LogP contribution in [0.3, 0.4) is 0 Å². The monoisotopic (exact) mass is 375 g/mol. The number of para-hydroxylation sites is 1. The van der Waals surface area contributed by atoms with Gasteiger partial charge in [-0.1, -0.05) is 24.3 Å². The van der Waals surface area contributed by atoms with Gasteiger partial charge >= 0.3 is 12.1 Å². The van der Waals surface area contributed by atoms with Gasteiger partial charge < -0.3 is 9.30 Å². The molecule has 1 aromatic heterocycles. The highest BCUT2D eigenvalue weighted by molar-refractivity contribution is 5.93. The van der Waals surface area contributed by atoms with Crippen LogP contribution in [-0.2, 0) is 17.5 Å². The molecule has 0 aliphatic heterocycles. The molecule has 27 heavy (non-hydrogen) atoms. The number of nitrogens with zero attached hydrogens (tertiary/aromatic N) is 1. The molecular weight excluding hydrogens is 359 g/mol. The van der Waals surface area contributed by atoms with Crippen molar-refractivity contribution in [1.29, 1.82) is 0 Å². The largest absolute Gasteiger partial charge is 0.462 e. The van der Waals surface area contributed by atoms with Crippen LogP contribution >= 0.6 is 0 Å². The van der Waals surface area contributed by atoms with E-state index < -0.39 is 23.1 Å². The molecular formula is C20H16F3NO3. The molecule has 7 heteroatoms. The Kier molecular flexibility index (Phi) is 5.03. The number of carbonyl (C=O) groups excluding carboxylic acids is 1. The number of ether oxygens (including phenoxy) is 1. The van der Waals surface area contributed by atoms with Gasteiger partial charge in [-0.15, -0.1) is 0 Å². The first-order valence-corrected chi connectivity index (χ1v) is 8.26. The lowest BCUT2D eigenvalue weighted by atomic mass is 10.1. The number of alkyl halides is 3. The molecule has 0 unspecified atom stereocenters. The van der Waals surface area contributed by atoms with Crippen molar-refractivity contribution in [3.8, 4) is 0 Å². The van der Waals surface area contributed by atoms with Crippen molar-refractivity contribution in [3.05, 3.63) is 81.6 Å². The minimum Gasteiger partial charge on any atom is -0.462 e. The predicted octanol–water partition coefficient (Wildman–Crippen LogP) is 4.25. The molecule has 4 nitrogen and oxygen atoms in total. The van der Waals surface area contributed by atoms with Gasteiger partial charge in [0, 0.05) is 18.1 Å². The van der Waals surface area contributed by atoms with E-state index >= 15 is 0 Å². The molecule has 0 bridgehead atoms.